The number of hydrogen-bond donors (Lipinski definition) is 3. The van der Waals surface area contributed by atoms with Crippen LogP contribution in [0.4, 0.5) is 10.5 Å². The largest absolute Gasteiger partial charge is 0.497 e. The second-order valence-electron chi connectivity index (χ2n) is 6.36. The molecule has 31 heavy (non-hydrogen) atoms. The number of ether oxygens (including phenoxy) is 4. The summed E-state index contributed by atoms with van der Waals surface area (Å²) in [5, 5.41) is 4.51. The highest BCUT2D eigenvalue weighted by Gasteiger charge is 2.10. The zero-order chi connectivity index (χ0) is 22.2. The lowest BCUT2D eigenvalue weighted by Crippen LogP contribution is -2.45. The topological polar surface area (TPSA) is 107 Å². The molecule has 9 nitrogen and oxygen atoms in total. The van der Waals surface area contributed by atoms with Gasteiger partial charge in [0.15, 0.2) is 6.61 Å². The fourth-order valence-corrected chi connectivity index (χ4v) is 2.80. The van der Waals surface area contributed by atoms with Gasteiger partial charge in [0, 0.05) is 6.07 Å². The average Bonchev–Trinajstić information content (AvgIpc) is 2.80. The summed E-state index contributed by atoms with van der Waals surface area (Å²) < 4.78 is 21.0. The van der Waals surface area contributed by atoms with Crippen molar-refractivity contribution in [3.8, 4) is 23.0 Å². The predicted molar refractivity (Wildman–Crippen MR) is 116 cm³/mol. The van der Waals surface area contributed by atoms with Crippen LogP contribution in [0.5, 0.6) is 23.0 Å². The minimum absolute atomic E-state index is 0.273. The van der Waals surface area contributed by atoms with Crippen molar-refractivity contribution in [2.75, 3.05) is 33.3 Å². The monoisotopic (exact) mass is 425 g/mol. The molecule has 0 bridgehead atoms. The van der Waals surface area contributed by atoms with Gasteiger partial charge in [0.1, 0.15) is 23.0 Å². The van der Waals surface area contributed by atoms with Crippen LogP contribution in [0.15, 0.2) is 54.6 Å². The van der Waals surface area contributed by atoms with E-state index in [0.717, 1.165) is 16.5 Å². The second-order valence-corrected chi connectivity index (χ2v) is 6.36. The van der Waals surface area contributed by atoms with E-state index >= 15 is 0 Å². The van der Waals surface area contributed by atoms with Gasteiger partial charge in [0.25, 0.3) is 5.91 Å². The Hall–Kier alpha value is -4.14. The quantitative estimate of drug-likeness (QED) is 0.502. The number of hydrogen-bond acceptors (Lipinski definition) is 6. The number of anilines is 1. The summed E-state index contributed by atoms with van der Waals surface area (Å²) in [6, 6.07) is 15.4. The summed E-state index contributed by atoms with van der Waals surface area (Å²) in [6.07, 6.45) is 0. The number of urea groups is 1. The molecule has 0 saturated heterocycles. The Morgan fingerprint density at radius 1 is 0.742 bits per heavy atom. The van der Waals surface area contributed by atoms with E-state index in [1.165, 1.54) is 14.2 Å². The molecule has 3 N–H and O–H groups in total. The maximum atomic E-state index is 12.1. The molecule has 3 amide bonds. The van der Waals surface area contributed by atoms with Crippen LogP contribution < -0.4 is 35.1 Å². The highest BCUT2D eigenvalue weighted by Crippen LogP contribution is 2.28. The van der Waals surface area contributed by atoms with E-state index < -0.39 is 11.9 Å². The maximum Gasteiger partial charge on any atom is 0.338 e. The van der Waals surface area contributed by atoms with E-state index in [-0.39, 0.29) is 6.61 Å². The van der Waals surface area contributed by atoms with Crippen molar-refractivity contribution in [2.24, 2.45) is 0 Å². The minimum atomic E-state index is -0.653. The van der Waals surface area contributed by atoms with Gasteiger partial charge in [-0.2, -0.15) is 0 Å². The number of nitrogens with one attached hydrogen (secondary N) is 3. The molecule has 0 fully saturated rings. The van der Waals surface area contributed by atoms with Gasteiger partial charge in [-0.25, -0.2) is 10.2 Å². The van der Waals surface area contributed by atoms with E-state index in [2.05, 4.69) is 16.2 Å². The van der Waals surface area contributed by atoms with Crippen molar-refractivity contribution < 1.29 is 28.5 Å². The number of methoxy groups -OCH3 is 3. The van der Waals surface area contributed by atoms with Gasteiger partial charge in [-0.1, -0.05) is 12.1 Å². The Bertz CT molecular complexity index is 1090. The molecule has 3 rings (SSSR count). The normalized spacial score (nSPS) is 10.2. The van der Waals surface area contributed by atoms with Crippen molar-refractivity contribution in [2.45, 2.75) is 0 Å². The van der Waals surface area contributed by atoms with E-state index in [4.69, 9.17) is 18.9 Å². The van der Waals surface area contributed by atoms with Crippen molar-refractivity contribution in [3.05, 3.63) is 54.6 Å². The molecule has 0 aliphatic heterocycles. The molecule has 9 heteroatoms. The fraction of sp³-hybridized carbons (Fsp3) is 0.182. The predicted octanol–water partition coefficient (Wildman–Crippen LogP) is 3.10. The summed E-state index contributed by atoms with van der Waals surface area (Å²) in [5.74, 6) is 1.75. The third-order valence-corrected chi connectivity index (χ3v) is 4.36. The van der Waals surface area contributed by atoms with Crippen LogP contribution in [-0.4, -0.2) is 39.9 Å². The lowest BCUT2D eigenvalue weighted by molar-refractivity contribution is -0.123. The molecule has 0 radical (unpaired) electrons. The van der Waals surface area contributed by atoms with Crippen LogP contribution in [-0.2, 0) is 4.79 Å². The summed E-state index contributed by atoms with van der Waals surface area (Å²) in [6.45, 7) is -0.273. The lowest BCUT2D eigenvalue weighted by Gasteiger charge is -2.13. The zero-order valence-electron chi connectivity index (χ0n) is 17.4. The number of amides is 3. The van der Waals surface area contributed by atoms with Gasteiger partial charge >= 0.3 is 6.03 Å². The SMILES string of the molecule is COc1ccc(OC)c(NC(=O)NNC(=O)COc2ccc3cc(OC)ccc3c2)c1. The molecule has 3 aromatic carbocycles. The van der Waals surface area contributed by atoms with Crippen molar-refractivity contribution in [1.29, 1.82) is 0 Å². The lowest BCUT2D eigenvalue weighted by atomic mass is 10.1. The van der Waals surface area contributed by atoms with Gasteiger partial charge in [0.05, 0.1) is 27.0 Å². The van der Waals surface area contributed by atoms with E-state index in [1.807, 2.05) is 30.3 Å². The second kappa shape index (κ2) is 10.1. The average molecular weight is 425 g/mol. The number of hydrazine groups is 1. The Labute approximate surface area is 179 Å². The Morgan fingerprint density at radius 2 is 1.35 bits per heavy atom. The van der Waals surface area contributed by atoms with Gasteiger partial charge < -0.3 is 24.3 Å². The van der Waals surface area contributed by atoms with Gasteiger partial charge in [0.2, 0.25) is 0 Å². The first kappa shape index (κ1) is 21.6. The smallest absolute Gasteiger partial charge is 0.338 e. The molecule has 0 spiro atoms. The third-order valence-electron chi connectivity index (χ3n) is 4.36. The molecule has 0 saturated carbocycles. The van der Waals surface area contributed by atoms with Gasteiger partial charge in [-0.15, -0.1) is 0 Å². The molecule has 0 aromatic heterocycles. The van der Waals surface area contributed by atoms with Gasteiger partial charge in [-0.05, 0) is 47.2 Å². The molecule has 0 atom stereocenters. The summed E-state index contributed by atoms with van der Waals surface area (Å²) in [4.78, 5) is 24.1. The van der Waals surface area contributed by atoms with E-state index in [9.17, 15) is 9.59 Å². The van der Waals surface area contributed by atoms with Crippen molar-refractivity contribution in [1.82, 2.24) is 10.9 Å². The van der Waals surface area contributed by atoms with Crippen LogP contribution in [0, 0.1) is 0 Å². The standard InChI is InChI=1S/C22H23N3O6/c1-28-16-6-4-15-11-18(7-5-14(15)10-16)31-13-21(26)24-25-22(27)23-19-12-17(29-2)8-9-20(19)30-3/h4-12H,13H2,1-3H3,(H,24,26)(H2,23,25,27). The van der Waals surface area contributed by atoms with Crippen LogP contribution in [0.2, 0.25) is 0 Å². The molecule has 0 unspecified atom stereocenters. The maximum absolute atomic E-state index is 12.1. The molecule has 0 aliphatic carbocycles. The number of benzene rings is 3. The summed E-state index contributed by atoms with van der Waals surface area (Å²) in [5.41, 5.74) is 4.92. The fourth-order valence-electron chi connectivity index (χ4n) is 2.80. The zero-order valence-corrected chi connectivity index (χ0v) is 17.4. The first-order valence-corrected chi connectivity index (χ1v) is 9.31. The molecular weight excluding hydrogens is 402 g/mol. The van der Waals surface area contributed by atoms with E-state index in [0.29, 0.717) is 22.9 Å². The molecule has 0 aliphatic rings. The highest BCUT2D eigenvalue weighted by atomic mass is 16.5. The number of carbonyl (C=O) groups is 2. The van der Waals surface area contributed by atoms with Gasteiger partial charge in [-0.3, -0.25) is 10.2 Å². The van der Waals surface area contributed by atoms with Crippen molar-refractivity contribution >= 4 is 28.4 Å². The van der Waals surface area contributed by atoms with Crippen molar-refractivity contribution in [3.63, 3.8) is 0 Å². The molecule has 3 aromatic rings. The molecular formula is C22H23N3O6. The Balaban J connectivity index is 1.50. The van der Waals surface area contributed by atoms with Crippen LogP contribution in [0.25, 0.3) is 10.8 Å². The number of rotatable bonds is 7. The van der Waals surface area contributed by atoms with Crippen LogP contribution >= 0.6 is 0 Å². The molecule has 162 valence electrons. The molecule has 0 heterocycles. The van der Waals surface area contributed by atoms with Crippen LogP contribution in [0.1, 0.15) is 0 Å². The minimum Gasteiger partial charge on any atom is -0.497 e. The first-order valence-electron chi connectivity index (χ1n) is 9.31. The number of fused-ring (bicyclic) bond motifs is 1. The summed E-state index contributed by atoms with van der Waals surface area (Å²) in [7, 11) is 4.60. The first-order chi connectivity index (χ1) is 15.0. The van der Waals surface area contributed by atoms with E-state index in [1.54, 1.807) is 31.4 Å². The Morgan fingerprint density at radius 3 is 2.03 bits per heavy atom. The summed E-state index contributed by atoms with van der Waals surface area (Å²) >= 11 is 0. The third kappa shape index (κ3) is 5.69. The van der Waals surface area contributed by atoms with Crippen LogP contribution in [0.3, 0.4) is 0 Å². The highest BCUT2D eigenvalue weighted by molar-refractivity contribution is 5.92. The Kier molecular flexibility index (Phi) is 7.00. The number of carbonyl (C=O) groups excluding carboxylic acids is 2.